The lowest BCUT2D eigenvalue weighted by Crippen LogP contribution is -2.58. The van der Waals surface area contributed by atoms with Crippen LogP contribution in [0, 0.1) is 17.3 Å². The Morgan fingerprint density at radius 2 is 1.75 bits per heavy atom. The van der Waals surface area contributed by atoms with E-state index in [1.807, 2.05) is 87.2 Å². The summed E-state index contributed by atoms with van der Waals surface area (Å²) in [5.74, 6) is -2.03. The van der Waals surface area contributed by atoms with Crippen LogP contribution in [-0.4, -0.2) is 96.0 Å². The van der Waals surface area contributed by atoms with Gasteiger partial charge < -0.3 is 24.6 Å². The molecule has 14 heteroatoms. The molecule has 0 spiro atoms. The number of carbonyl (C=O) groups excluding carboxylic acids is 4. The van der Waals surface area contributed by atoms with E-state index in [4.69, 9.17) is 14.5 Å². The average Bonchev–Trinajstić information content (AvgIpc) is 4.14. The van der Waals surface area contributed by atoms with Crippen LogP contribution in [0.15, 0.2) is 67.3 Å². The number of methoxy groups -OCH3 is 1. The third-order valence-electron chi connectivity index (χ3n) is 13.0. The van der Waals surface area contributed by atoms with Crippen molar-refractivity contribution in [3.8, 4) is 22.8 Å². The number of pyridine rings is 1. The smallest absolute Gasteiger partial charge is 0.259 e. The van der Waals surface area contributed by atoms with E-state index in [0.29, 0.717) is 66.9 Å². The van der Waals surface area contributed by atoms with E-state index < -0.39 is 61.5 Å². The molecule has 1 unspecified atom stereocenters. The predicted molar refractivity (Wildman–Crippen MR) is 229 cm³/mol. The molecule has 2 aliphatic carbocycles. The summed E-state index contributed by atoms with van der Waals surface area (Å²) < 4.78 is 40.7. The third kappa shape index (κ3) is 8.62. The molecule has 2 saturated heterocycles. The molecule has 1 aromatic heterocycles. The van der Waals surface area contributed by atoms with Crippen molar-refractivity contribution in [2.75, 3.05) is 26.7 Å². The maximum atomic E-state index is 15.0. The van der Waals surface area contributed by atoms with Crippen molar-refractivity contribution in [1.82, 2.24) is 24.8 Å². The molecule has 0 radical (unpaired) electrons. The first-order valence-electron chi connectivity index (χ1n) is 21.4. The Morgan fingerprint density at radius 1 is 1.03 bits per heavy atom. The molecule has 7 rings (SSSR count). The first-order chi connectivity index (χ1) is 28.5. The molecule has 0 bridgehead atoms. The number of nitrogens with zero attached hydrogens (tertiary/aromatic N) is 3. The molecule has 2 saturated carbocycles. The quantitative estimate of drug-likeness (QED) is 0.171. The molecule has 60 heavy (non-hydrogen) atoms. The van der Waals surface area contributed by atoms with E-state index in [1.54, 1.807) is 13.2 Å². The van der Waals surface area contributed by atoms with E-state index >= 15 is 0 Å². The van der Waals surface area contributed by atoms with Gasteiger partial charge in [-0.25, -0.2) is 13.4 Å². The zero-order chi connectivity index (χ0) is 43.0. The van der Waals surface area contributed by atoms with Gasteiger partial charge in [0.25, 0.3) is 5.91 Å². The van der Waals surface area contributed by atoms with Gasteiger partial charge in [0.15, 0.2) is 0 Å². The number of hydrogen-bond acceptors (Lipinski definition) is 9. The van der Waals surface area contributed by atoms with Gasteiger partial charge in [0.2, 0.25) is 27.7 Å². The van der Waals surface area contributed by atoms with Crippen LogP contribution in [0.5, 0.6) is 11.5 Å². The molecule has 2 N–H and O–H groups in total. The van der Waals surface area contributed by atoms with Gasteiger partial charge in [-0.3, -0.25) is 23.9 Å². The predicted octanol–water partition coefficient (Wildman–Crippen LogP) is 6.16. The lowest BCUT2D eigenvalue weighted by Gasteiger charge is -2.36. The zero-order valence-corrected chi connectivity index (χ0v) is 36.3. The molecule has 5 atom stereocenters. The molecule has 2 aromatic carbocycles. The normalized spacial score (nSPS) is 24.0. The van der Waals surface area contributed by atoms with Crippen LogP contribution in [0.3, 0.4) is 0 Å². The fourth-order valence-electron chi connectivity index (χ4n) is 9.03. The van der Waals surface area contributed by atoms with Gasteiger partial charge in [-0.1, -0.05) is 70.5 Å². The molecule has 4 amide bonds. The van der Waals surface area contributed by atoms with Gasteiger partial charge in [-0.05, 0) is 62.5 Å². The highest BCUT2D eigenvalue weighted by molar-refractivity contribution is 7.91. The van der Waals surface area contributed by atoms with Crippen molar-refractivity contribution in [2.45, 2.75) is 114 Å². The summed E-state index contributed by atoms with van der Waals surface area (Å²) in [5, 5.41) is 3.62. The number of fused-ring (bicyclic) bond motifs is 1. The summed E-state index contributed by atoms with van der Waals surface area (Å²) in [7, 11) is -2.44. The minimum Gasteiger partial charge on any atom is -0.497 e. The Morgan fingerprint density at radius 3 is 2.37 bits per heavy atom. The number of ether oxygens (including phenoxy) is 2. The molecule has 2 aliphatic heterocycles. The number of benzene rings is 2. The van der Waals surface area contributed by atoms with Crippen LogP contribution in [0.2, 0.25) is 0 Å². The van der Waals surface area contributed by atoms with Crippen LogP contribution < -0.4 is 19.5 Å². The molecule has 322 valence electrons. The van der Waals surface area contributed by atoms with Crippen molar-refractivity contribution in [1.29, 1.82) is 0 Å². The number of aromatic nitrogens is 1. The SMILES string of the molecule is C=C[C@@H]1C[C@]1(NC(=O)[C@@H]1C[C@@H](Oc2cc(-c3ccccc3)nc3cc(OC)ccc23)CN1C(=O)C(CC(=O)N1CCCCC1)C(C)(C)C)C(=O)NS(=O)(=O)C1(CCC)CC1. The van der Waals surface area contributed by atoms with E-state index in [2.05, 4.69) is 16.6 Å². The van der Waals surface area contributed by atoms with E-state index in [-0.39, 0.29) is 37.6 Å². The largest absolute Gasteiger partial charge is 0.497 e. The highest BCUT2D eigenvalue weighted by Gasteiger charge is 2.63. The van der Waals surface area contributed by atoms with Crippen molar-refractivity contribution in [3.05, 3.63) is 67.3 Å². The number of amides is 4. The fourth-order valence-corrected chi connectivity index (χ4v) is 10.8. The van der Waals surface area contributed by atoms with Crippen LogP contribution in [0.1, 0.15) is 91.9 Å². The second-order valence-corrected chi connectivity index (χ2v) is 20.3. The Labute approximate surface area is 353 Å². The monoisotopic (exact) mass is 841 g/mol. The maximum absolute atomic E-state index is 15.0. The number of sulfonamides is 1. The number of likely N-dealkylation sites (tertiary alicyclic amines) is 2. The van der Waals surface area contributed by atoms with Gasteiger partial charge in [0.05, 0.1) is 35.5 Å². The Kier molecular flexibility index (Phi) is 12.1. The zero-order valence-electron chi connectivity index (χ0n) is 35.5. The van der Waals surface area contributed by atoms with Crippen molar-refractivity contribution < 1.29 is 37.1 Å². The summed E-state index contributed by atoms with van der Waals surface area (Å²) in [5.41, 5.74) is -0.0398. The van der Waals surface area contributed by atoms with Crippen molar-refractivity contribution >= 4 is 44.6 Å². The summed E-state index contributed by atoms with van der Waals surface area (Å²) in [6.45, 7) is 12.9. The first-order valence-corrected chi connectivity index (χ1v) is 22.8. The van der Waals surface area contributed by atoms with Crippen LogP contribution in [-0.2, 0) is 29.2 Å². The average molecular weight is 842 g/mol. The highest BCUT2D eigenvalue weighted by Crippen LogP contribution is 2.49. The van der Waals surface area contributed by atoms with Crippen molar-refractivity contribution in [2.24, 2.45) is 17.3 Å². The first kappa shape index (κ1) is 43.1. The van der Waals surface area contributed by atoms with Crippen LogP contribution in [0.4, 0.5) is 0 Å². The topological polar surface area (TPSA) is 164 Å². The lowest BCUT2D eigenvalue weighted by atomic mass is 9.77. The standard InChI is InChI=1S/C46H59N5O8S/c1-7-19-45(20-21-45)60(56,57)49-43(55)46(28-31(46)8-2)48-41(53)38-25-33(29-51(38)42(54)35(44(3,4)5)26-40(52)50-22-13-10-14-23-50)59-39-27-36(30-15-11-9-12-16-30)47-37-24-32(58-6)17-18-34(37)39/h8-9,11-12,15-18,24,27,31,33,35,38H,2,7,10,13-14,19-23,25-26,28-29H2,1,3-6H3,(H,48,53)(H,49,55)/t31-,33-,35?,38+,46-/m1/s1. The van der Waals surface area contributed by atoms with Crippen LogP contribution >= 0.6 is 0 Å². The summed E-state index contributed by atoms with van der Waals surface area (Å²) >= 11 is 0. The minimum atomic E-state index is -4.02. The number of piperidine rings is 1. The Bertz CT molecular complexity index is 2250. The molecule has 3 aromatic rings. The maximum Gasteiger partial charge on any atom is 0.259 e. The third-order valence-corrected chi connectivity index (χ3v) is 15.2. The van der Waals surface area contributed by atoms with Gasteiger partial charge >= 0.3 is 0 Å². The minimum absolute atomic E-state index is 0.0157. The van der Waals surface area contributed by atoms with E-state index in [0.717, 1.165) is 24.8 Å². The lowest BCUT2D eigenvalue weighted by molar-refractivity contribution is -0.148. The van der Waals surface area contributed by atoms with E-state index in [1.165, 1.54) is 4.90 Å². The number of carbonyl (C=O) groups is 4. The molecule has 4 fully saturated rings. The molecule has 13 nitrogen and oxygen atoms in total. The number of rotatable bonds is 15. The van der Waals surface area contributed by atoms with Crippen molar-refractivity contribution in [3.63, 3.8) is 0 Å². The van der Waals surface area contributed by atoms with Gasteiger partial charge in [0.1, 0.15) is 29.2 Å². The molecule has 4 aliphatic rings. The molecular weight excluding hydrogens is 783 g/mol. The van der Waals surface area contributed by atoms with Gasteiger partial charge in [0, 0.05) is 54.9 Å². The Hall–Kier alpha value is -4.98. The highest BCUT2D eigenvalue weighted by atomic mass is 32.2. The summed E-state index contributed by atoms with van der Waals surface area (Å²) in [6.07, 6.45) is 5.99. The number of nitrogens with one attached hydrogen (secondary N) is 2. The molecular formula is C46H59N5O8S. The molecule has 3 heterocycles. The van der Waals surface area contributed by atoms with Gasteiger partial charge in [-0.2, -0.15) is 0 Å². The van der Waals surface area contributed by atoms with E-state index in [9.17, 15) is 27.6 Å². The summed E-state index contributed by atoms with van der Waals surface area (Å²) in [4.78, 5) is 65.6. The van der Waals surface area contributed by atoms with Gasteiger partial charge in [-0.15, -0.1) is 6.58 Å². The summed E-state index contributed by atoms with van der Waals surface area (Å²) in [6, 6.07) is 15.9. The fraction of sp³-hybridized carbons (Fsp3) is 0.543. The second-order valence-electron chi connectivity index (χ2n) is 18.2. The number of hydrogen-bond donors (Lipinski definition) is 2. The second kappa shape index (κ2) is 16.8. The Balaban J connectivity index is 1.21. The van der Waals surface area contributed by atoms with Crippen LogP contribution in [0.25, 0.3) is 22.2 Å².